The van der Waals surface area contributed by atoms with Crippen LogP contribution in [-0.2, 0) is 0 Å². The molecule has 0 bridgehead atoms. The van der Waals surface area contributed by atoms with E-state index in [2.05, 4.69) is 44.0 Å². The van der Waals surface area contributed by atoms with E-state index in [-0.39, 0.29) is 12.1 Å². The van der Waals surface area contributed by atoms with E-state index in [0.717, 1.165) is 27.2 Å². The Labute approximate surface area is 175 Å². The normalized spacial score (nSPS) is 18.8. The van der Waals surface area contributed by atoms with Gasteiger partial charge < -0.3 is 20.9 Å². The minimum absolute atomic E-state index is 0.106. The number of benzene rings is 2. The molecule has 0 spiro atoms. The molecule has 3 N–H and O–H groups in total. The quantitative estimate of drug-likeness (QED) is 0.583. The van der Waals surface area contributed by atoms with E-state index in [0.29, 0.717) is 11.5 Å². The fourth-order valence-corrected chi connectivity index (χ4v) is 4.43. The van der Waals surface area contributed by atoms with Crippen LogP contribution in [0.5, 0.6) is 0 Å². The second-order valence-corrected chi connectivity index (χ2v) is 8.85. The molecule has 1 saturated carbocycles. The molecular weight excluding hydrogens is 416 g/mol. The molecule has 1 fully saturated rings. The smallest absolute Gasteiger partial charge is 0.255 e. The van der Waals surface area contributed by atoms with Gasteiger partial charge in [0.25, 0.3) is 5.91 Å². The molecule has 2 aromatic carbocycles. The van der Waals surface area contributed by atoms with Crippen LogP contribution in [0, 0.1) is 5.92 Å². The molecule has 1 unspecified atom stereocenters. The first kappa shape index (κ1) is 19.1. The van der Waals surface area contributed by atoms with Crippen molar-refractivity contribution in [2.24, 2.45) is 5.92 Å². The van der Waals surface area contributed by atoms with Gasteiger partial charge in [-0.25, -0.2) is 0 Å². The van der Waals surface area contributed by atoms with Gasteiger partial charge in [-0.2, -0.15) is 0 Å². The van der Waals surface area contributed by atoms with Gasteiger partial charge in [-0.1, -0.05) is 35.2 Å². The lowest BCUT2D eigenvalue weighted by molar-refractivity contribution is 0.102. The molecule has 1 aliphatic heterocycles. The predicted octanol–water partition coefficient (Wildman–Crippen LogP) is 5.51. The molecule has 2 aromatic rings. The zero-order valence-corrected chi connectivity index (χ0v) is 18.0. The highest BCUT2D eigenvalue weighted by Gasteiger charge is 2.29. The molecule has 0 radical (unpaired) electrons. The van der Waals surface area contributed by atoms with Crippen LogP contribution in [-0.4, -0.2) is 26.2 Å². The number of halogens is 1. The van der Waals surface area contributed by atoms with Gasteiger partial charge in [-0.05, 0) is 55.2 Å². The fourth-order valence-electron chi connectivity index (χ4n) is 4.17. The number of fused-ring (bicyclic) bond motifs is 1. The van der Waals surface area contributed by atoms with E-state index in [4.69, 9.17) is 0 Å². The maximum atomic E-state index is 12.7. The van der Waals surface area contributed by atoms with Gasteiger partial charge in [-0.15, -0.1) is 0 Å². The number of carbonyl (C=O) groups excluding carboxylic acids is 1. The van der Waals surface area contributed by atoms with Gasteiger partial charge in [0, 0.05) is 24.1 Å². The van der Waals surface area contributed by atoms with E-state index in [1.165, 1.54) is 32.1 Å². The van der Waals surface area contributed by atoms with Gasteiger partial charge in [-0.3, -0.25) is 4.79 Å². The predicted molar refractivity (Wildman–Crippen MR) is 120 cm³/mol. The number of hydrogen-bond acceptors (Lipinski definition) is 4. The molecule has 28 heavy (non-hydrogen) atoms. The van der Waals surface area contributed by atoms with Gasteiger partial charge in [0.05, 0.1) is 28.9 Å². The summed E-state index contributed by atoms with van der Waals surface area (Å²) in [7, 11) is 4.00. The Morgan fingerprint density at radius 1 is 1.04 bits per heavy atom. The molecule has 2 aliphatic rings. The molecule has 1 aliphatic carbocycles. The van der Waals surface area contributed by atoms with Crippen LogP contribution in [0.2, 0.25) is 0 Å². The summed E-state index contributed by atoms with van der Waals surface area (Å²) < 4.78 is 0.958. The largest absolute Gasteiger partial charge is 0.376 e. The van der Waals surface area contributed by atoms with Crippen LogP contribution in [0.15, 0.2) is 40.9 Å². The SMILES string of the molecule is CN(C)c1cc2c(cc1NC(=O)c1ccc(Br)cc1)NC(C1CCCCC1)N2. The van der Waals surface area contributed by atoms with Crippen molar-refractivity contribution in [3.05, 3.63) is 46.4 Å². The minimum Gasteiger partial charge on any atom is -0.376 e. The van der Waals surface area contributed by atoms with Crippen molar-refractivity contribution in [1.29, 1.82) is 0 Å². The highest BCUT2D eigenvalue weighted by Crippen LogP contribution is 2.41. The van der Waals surface area contributed by atoms with Crippen LogP contribution >= 0.6 is 15.9 Å². The highest BCUT2D eigenvalue weighted by molar-refractivity contribution is 9.10. The average Bonchev–Trinajstić information content (AvgIpc) is 3.11. The number of nitrogens with one attached hydrogen (secondary N) is 3. The van der Waals surface area contributed by atoms with E-state index < -0.39 is 0 Å². The maximum Gasteiger partial charge on any atom is 0.255 e. The Kier molecular flexibility index (Phi) is 5.49. The van der Waals surface area contributed by atoms with Crippen LogP contribution in [0.4, 0.5) is 22.7 Å². The molecule has 4 rings (SSSR count). The molecule has 148 valence electrons. The summed E-state index contributed by atoms with van der Waals surface area (Å²) in [5.74, 6) is 0.551. The first-order valence-electron chi connectivity index (χ1n) is 9.96. The highest BCUT2D eigenvalue weighted by atomic mass is 79.9. The minimum atomic E-state index is -0.106. The molecule has 0 saturated heterocycles. The van der Waals surface area contributed by atoms with Crippen LogP contribution in [0.3, 0.4) is 0 Å². The third-order valence-electron chi connectivity index (χ3n) is 5.72. The van der Waals surface area contributed by atoms with Crippen molar-refractivity contribution in [3.63, 3.8) is 0 Å². The van der Waals surface area contributed by atoms with Crippen LogP contribution < -0.4 is 20.9 Å². The van der Waals surface area contributed by atoms with Gasteiger partial charge in [0.1, 0.15) is 0 Å². The first-order valence-corrected chi connectivity index (χ1v) is 10.8. The van der Waals surface area contributed by atoms with E-state index in [1.54, 1.807) is 0 Å². The molecule has 1 atom stereocenters. The van der Waals surface area contributed by atoms with Gasteiger partial charge in [0.2, 0.25) is 0 Å². The van der Waals surface area contributed by atoms with Crippen molar-refractivity contribution in [2.45, 2.75) is 38.3 Å². The van der Waals surface area contributed by atoms with E-state index in [1.807, 2.05) is 43.3 Å². The monoisotopic (exact) mass is 442 g/mol. The summed E-state index contributed by atoms with van der Waals surface area (Å²) in [5, 5.41) is 10.4. The summed E-state index contributed by atoms with van der Waals surface area (Å²) in [4.78, 5) is 14.8. The van der Waals surface area contributed by atoms with Crippen molar-refractivity contribution in [3.8, 4) is 0 Å². The Balaban J connectivity index is 1.56. The van der Waals surface area contributed by atoms with Gasteiger partial charge >= 0.3 is 0 Å². The number of rotatable bonds is 4. The van der Waals surface area contributed by atoms with Crippen molar-refractivity contribution >= 4 is 44.6 Å². The maximum absolute atomic E-state index is 12.7. The molecule has 6 heteroatoms. The second-order valence-electron chi connectivity index (χ2n) is 7.93. The Hall–Kier alpha value is -2.21. The average molecular weight is 443 g/mol. The number of hydrogen-bond donors (Lipinski definition) is 3. The van der Waals surface area contributed by atoms with Crippen molar-refractivity contribution in [2.75, 3.05) is 34.9 Å². The third-order valence-corrected chi connectivity index (χ3v) is 6.24. The molecular formula is C22H27BrN4O. The second kappa shape index (κ2) is 8.03. The Bertz CT molecular complexity index is 860. The number of nitrogens with zero attached hydrogens (tertiary/aromatic N) is 1. The number of anilines is 4. The molecule has 1 heterocycles. The van der Waals surface area contributed by atoms with E-state index >= 15 is 0 Å². The van der Waals surface area contributed by atoms with Crippen molar-refractivity contribution in [1.82, 2.24) is 0 Å². The summed E-state index contributed by atoms with van der Waals surface area (Å²) in [6.45, 7) is 0. The summed E-state index contributed by atoms with van der Waals surface area (Å²) in [6.07, 6.45) is 6.81. The van der Waals surface area contributed by atoms with Crippen LogP contribution in [0.25, 0.3) is 0 Å². The summed E-state index contributed by atoms with van der Waals surface area (Å²) in [5.41, 5.74) is 4.62. The molecule has 0 aromatic heterocycles. The van der Waals surface area contributed by atoms with Crippen LogP contribution in [0.1, 0.15) is 42.5 Å². The lowest BCUT2D eigenvalue weighted by Gasteiger charge is -2.27. The first-order chi connectivity index (χ1) is 13.5. The third kappa shape index (κ3) is 3.97. The molecule has 5 nitrogen and oxygen atoms in total. The molecule has 1 amide bonds. The summed E-state index contributed by atoms with van der Waals surface area (Å²) in [6, 6.07) is 11.6. The zero-order chi connectivity index (χ0) is 19.7. The van der Waals surface area contributed by atoms with Crippen molar-refractivity contribution < 1.29 is 4.79 Å². The fraction of sp³-hybridized carbons (Fsp3) is 0.409. The number of carbonyl (C=O) groups is 1. The summed E-state index contributed by atoms with van der Waals surface area (Å²) >= 11 is 3.41. The Morgan fingerprint density at radius 3 is 2.32 bits per heavy atom. The zero-order valence-electron chi connectivity index (χ0n) is 16.4. The standard InChI is InChI=1S/C22H27BrN4O/c1-27(2)20-13-18-17(24-21(25-18)14-6-4-3-5-7-14)12-19(20)26-22(28)15-8-10-16(23)11-9-15/h8-14,21,24-25H,3-7H2,1-2H3,(H,26,28). The topological polar surface area (TPSA) is 56.4 Å². The lowest BCUT2D eigenvalue weighted by Crippen LogP contribution is -2.33. The van der Waals surface area contributed by atoms with Gasteiger partial charge in [0.15, 0.2) is 0 Å². The number of amides is 1. The van der Waals surface area contributed by atoms with E-state index in [9.17, 15) is 4.79 Å². The Morgan fingerprint density at radius 2 is 1.68 bits per heavy atom. The lowest BCUT2D eigenvalue weighted by atomic mass is 9.87.